The molecule has 0 amide bonds. The molecule has 4 heterocycles. The molecule has 12 aromatic carbocycles. The lowest BCUT2D eigenvalue weighted by atomic mass is 9.54. The Morgan fingerprint density at radius 2 is 0.612 bits per heavy atom. The van der Waals surface area contributed by atoms with Gasteiger partial charge in [-0.05, 0) is 295 Å². The Morgan fingerprint density at radius 3 is 1.16 bits per heavy atom. The number of hydrogen-bond acceptors (Lipinski definition) is 0. The molecule has 0 N–H and O–H groups in total. The van der Waals surface area contributed by atoms with Gasteiger partial charge in [-0.25, -0.2) is 18.3 Å². The predicted octanol–water partition coefficient (Wildman–Crippen LogP) is 25.8. The van der Waals surface area contributed by atoms with Gasteiger partial charge in [0.05, 0.1) is 16.7 Å². The third kappa shape index (κ3) is 12.9. The third-order valence-corrected chi connectivity index (χ3v) is 27.9. The number of rotatable bonds is 4. The zero-order valence-corrected chi connectivity index (χ0v) is 72.0. The summed E-state index contributed by atoms with van der Waals surface area (Å²) in [7, 11) is 8.64. The zero-order valence-electron chi connectivity index (χ0n) is 72.0. The maximum Gasteiger partial charge on any atom is 0.212 e. The molecule has 0 spiro atoms. The average Bonchev–Trinajstić information content (AvgIpc) is 0.702. The van der Waals surface area contributed by atoms with Crippen molar-refractivity contribution in [1.29, 1.82) is 0 Å². The maximum absolute atomic E-state index is 2.45. The fourth-order valence-electron chi connectivity index (χ4n) is 20.5. The number of nitrogens with zero attached hydrogens (tertiary/aromatic N) is 4. The minimum absolute atomic E-state index is 0.00875. The van der Waals surface area contributed by atoms with Gasteiger partial charge < -0.3 is 0 Å². The predicted molar refractivity (Wildman–Crippen MR) is 489 cm³/mol. The SMILES string of the molecule is Cc1ccc(-c2c(C)ccc3c2C(C)(C)C(C)(C)c2cc4ccccc4cc2-3)[n+](C)c1.Cc1ccc(-c2c(C)ccc3c2CCc2cc4ccccc4cc2-3)[n+](C)c1.Cc1ccc(-c2c(C)ccc3c2CCc2ccc4ccccc4c2-3)[n+](C)c1.Cc1ccc(-c2cc3c(cc2C)C(C)(C)C(C)(C)c2c-3ccc3ccccc23)[n+](C)c1. The lowest BCUT2D eigenvalue weighted by molar-refractivity contribution is -0.660. The summed E-state index contributed by atoms with van der Waals surface area (Å²) in [4.78, 5) is 0. The lowest BCUT2D eigenvalue weighted by Crippen LogP contribution is -2.44. The topological polar surface area (TPSA) is 15.5 Å². The van der Waals surface area contributed by atoms with E-state index in [1.807, 2.05) is 0 Å². The highest BCUT2D eigenvalue weighted by atomic mass is 14.9. The molecule has 20 rings (SSSR count). The van der Waals surface area contributed by atoms with Crippen molar-refractivity contribution in [2.75, 3.05) is 0 Å². The Morgan fingerprint density at radius 1 is 0.233 bits per heavy atom. The Bertz CT molecular complexity index is 6710. The van der Waals surface area contributed by atoms with Crippen LogP contribution in [0.5, 0.6) is 0 Å². The summed E-state index contributed by atoms with van der Waals surface area (Å²) in [6.07, 6.45) is 13.3. The second-order valence-electron chi connectivity index (χ2n) is 36.4. The first-order chi connectivity index (χ1) is 55.5. The van der Waals surface area contributed by atoms with Crippen LogP contribution >= 0.6 is 0 Å². The van der Waals surface area contributed by atoms with Crippen LogP contribution in [-0.2, 0) is 75.5 Å². The van der Waals surface area contributed by atoms with Gasteiger partial charge in [0.15, 0.2) is 24.8 Å². The van der Waals surface area contributed by atoms with E-state index in [-0.39, 0.29) is 21.7 Å². The Labute approximate surface area is 689 Å². The highest BCUT2D eigenvalue weighted by molar-refractivity contribution is 6.02. The van der Waals surface area contributed by atoms with Crippen LogP contribution in [0.1, 0.15) is 144 Å². The van der Waals surface area contributed by atoms with E-state index in [9.17, 15) is 0 Å². The molecular formula is C112H112N4+4. The second-order valence-corrected chi connectivity index (χ2v) is 36.4. The van der Waals surface area contributed by atoms with Crippen LogP contribution in [0.3, 0.4) is 0 Å². The van der Waals surface area contributed by atoms with Gasteiger partial charge in [0.25, 0.3) is 0 Å². The molecule has 116 heavy (non-hydrogen) atoms. The van der Waals surface area contributed by atoms with Crippen LogP contribution in [0.4, 0.5) is 0 Å². The zero-order chi connectivity index (χ0) is 81.3. The molecule has 4 heteroatoms. The van der Waals surface area contributed by atoms with Gasteiger partial charge in [-0.2, -0.15) is 0 Å². The van der Waals surface area contributed by atoms with E-state index in [1.54, 1.807) is 0 Å². The van der Waals surface area contributed by atoms with Crippen LogP contribution in [0.2, 0.25) is 0 Å². The summed E-state index contributed by atoms with van der Waals surface area (Å²) in [5.74, 6) is 0. The van der Waals surface area contributed by atoms with Gasteiger partial charge in [0, 0.05) is 62.9 Å². The first-order valence-electron chi connectivity index (χ1n) is 42.0. The number of pyridine rings is 4. The molecular weight excluding hydrogens is 1400 g/mol. The van der Waals surface area contributed by atoms with Crippen molar-refractivity contribution in [3.8, 4) is 89.5 Å². The van der Waals surface area contributed by atoms with Crippen LogP contribution in [-0.4, -0.2) is 0 Å². The van der Waals surface area contributed by atoms with Crippen LogP contribution in [0.25, 0.3) is 133 Å². The van der Waals surface area contributed by atoms with Gasteiger partial charge in [-0.3, -0.25) is 0 Å². The minimum Gasteiger partial charge on any atom is -0.201 e. The average molecular weight is 1510 g/mol. The van der Waals surface area contributed by atoms with Crippen LogP contribution < -0.4 is 18.3 Å². The van der Waals surface area contributed by atoms with Gasteiger partial charge in [-0.15, -0.1) is 0 Å². The van der Waals surface area contributed by atoms with Crippen molar-refractivity contribution < 1.29 is 18.3 Å². The van der Waals surface area contributed by atoms with E-state index in [1.165, 1.54) is 222 Å². The molecule has 0 aliphatic heterocycles. The molecule has 0 fully saturated rings. The third-order valence-electron chi connectivity index (χ3n) is 27.9. The Balaban J connectivity index is 0.000000111. The van der Waals surface area contributed by atoms with E-state index in [2.05, 4.69) is 425 Å². The first-order valence-corrected chi connectivity index (χ1v) is 42.0. The summed E-state index contributed by atoms with van der Waals surface area (Å²) in [6.45, 7) is 37.0. The molecule has 4 aliphatic carbocycles. The van der Waals surface area contributed by atoms with Crippen molar-refractivity contribution in [2.45, 2.75) is 158 Å². The second kappa shape index (κ2) is 29.2. The standard InChI is InChI=1S/2C30H32N.2C26H24N/c1-19-12-15-27(31(7)18-19)24-17-25-23-14-13-21-10-8-9-11-22(21)28(23)30(5,6)29(3,4)26(25)16-20(24)2;1-19-12-15-26(31(7)18-19)27-20(2)13-14-23-24-16-21-10-8-9-11-22(21)17-25(24)29(3,4)30(5,6)28(23)27;1-17-8-15-24(27(3)16-17)25-18(2)9-13-23-22(25)14-12-20-11-10-19-6-4-5-7-21(19)26(20)23;1-17-8-13-25(27(3)16-17)26-18(2)9-11-22-23(26)12-10-21-14-19-6-4-5-7-20(19)15-24(21)22/h2*8-18H,1-7H3;4-11,13,15-16H,12,14H2,1-3H3;4-9,11,13-16H,10,12H2,1-3H3/q4*+1. The molecule has 0 radical (unpaired) electrons. The summed E-state index contributed by atoms with van der Waals surface area (Å²) in [5.41, 5.74) is 44.2. The van der Waals surface area contributed by atoms with E-state index in [0.717, 1.165) is 25.7 Å². The summed E-state index contributed by atoms with van der Waals surface area (Å²) in [5, 5.41) is 10.7. The summed E-state index contributed by atoms with van der Waals surface area (Å²) in [6, 6.07) is 90.7. The van der Waals surface area contributed by atoms with Crippen molar-refractivity contribution in [1.82, 2.24) is 0 Å². The first kappa shape index (κ1) is 76.9. The number of aryl methyl sites for hydroxylation is 14. The summed E-state index contributed by atoms with van der Waals surface area (Å²) < 4.78 is 9.09. The molecule has 4 aliphatic rings. The quantitative estimate of drug-likeness (QED) is 0.156. The molecule has 4 aromatic heterocycles. The van der Waals surface area contributed by atoms with Gasteiger partial charge in [-0.1, -0.05) is 225 Å². The fraction of sp³-hybridized carbons (Fsp3) is 0.250. The molecule has 0 unspecified atom stereocenters. The highest BCUT2D eigenvalue weighted by Gasteiger charge is 2.50. The van der Waals surface area contributed by atoms with Crippen molar-refractivity contribution in [3.63, 3.8) is 0 Å². The monoisotopic (exact) mass is 1510 g/mol. The summed E-state index contributed by atoms with van der Waals surface area (Å²) >= 11 is 0. The molecule has 4 nitrogen and oxygen atoms in total. The maximum atomic E-state index is 2.45. The van der Waals surface area contributed by atoms with Gasteiger partial charge >= 0.3 is 0 Å². The molecule has 0 saturated carbocycles. The van der Waals surface area contributed by atoms with E-state index in [4.69, 9.17) is 0 Å². The fourth-order valence-corrected chi connectivity index (χ4v) is 20.5. The van der Waals surface area contributed by atoms with Crippen LogP contribution in [0.15, 0.2) is 267 Å². The molecule has 16 aromatic rings. The van der Waals surface area contributed by atoms with Gasteiger partial charge in [0.2, 0.25) is 22.8 Å². The van der Waals surface area contributed by atoms with Crippen molar-refractivity contribution in [2.24, 2.45) is 28.2 Å². The number of aromatic nitrogens is 4. The smallest absolute Gasteiger partial charge is 0.201 e. The van der Waals surface area contributed by atoms with E-state index < -0.39 is 0 Å². The lowest BCUT2D eigenvalue weighted by Gasteiger charge is -2.49. The number of benzene rings is 12. The number of hydrogen-bond donors (Lipinski definition) is 0. The van der Waals surface area contributed by atoms with Crippen molar-refractivity contribution >= 4 is 43.1 Å². The van der Waals surface area contributed by atoms with Gasteiger partial charge in [0.1, 0.15) is 28.2 Å². The highest BCUT2D eigenvalue weighted by Crippen LogP contribution is 2.59. The van der Waals surface area contributed by atoms with E-state index in [0.29, 0.717) is 0 Å². The normalized spacial score (nSPS) is 14.5. The van der Waals surface area contributed by atoms with E-state index >= 15 is 0 Å². The Hall–Kier alpha value is -11.7. The Kier molecular flexibility index (Phi) is 19.4. The molecule has 0 atom stereocenters. The molecule has 0 saturated heterocycles. The van der Waals surface area contributed by atoms with Crippen LogP contribution in [0, 0.1) is 55.4 Å². The molecule has 0 bridgehead atoms. The van der Waals surface area contributed by atoms with Crippen molar-refractivity contribution in [3.05, 3.63) is 356 Å². The number of fused-ring (bicyclic) bond motifs is 18. The molecule has 576 valence electrons. The minimum atomic E-state index is -0.0307. The largest absolute Gasteiger partial charge is 0.212 e.